The molecular weight excluding hydrogens is 321 g/mol. The Morgan fingerprint density at radius 2 is 1.65 bits per heavy atom. The molecule has 2 rings (SSSR count). The summed E-state index contributed by atoms with van der Waals surface area (Å²) in [5.41, 5.74) is 5.55. The first-order chi connectivity index (χ1) is 10.8. The van der Waals surface area contributed by atoms with Gasteiger partial charge in [-0.25, -0.2) is 12.8 Å². The molecule has 5 nitrogen and oxygen atoms in total. The zero-order valence-electron chi connectivity index (χ0n) is 12.2. The predicted molar refractivity (Wildman–Crippen MR) is 83.8 cm³/mol. The van der Waals surface area contributed by atoms with Crippen molar-refractivity contribution < 1.29 is 22.3 Å². The number of carbonyl (C=O) groups is 1. The largest absolute Gasteiger partial charge is 0.497 e. The van der Waals surface area contributed by atoms with E-state index < -0.39 is 26.5 Å². The van der Waals surface area contributed by atoms with Crippen LogP contribution >= 0.6 is 0 Å². The molecule has 0 spiro atoms. The molecule has 0 aliphatic carbocycles. The van der Waals surface area contributed by atoms with Gasteiger partial charge in [0.2, 0.25) is 9.84 Å². The summed E-state index contributed by atoms with van der Waals surface area (Å²) in [4.78, 5) is 10.9. The van der Waals surface area contributed by atoms with Gasteiger partial charge in [0.25, 0.3) is 5.91 Å². The van der Waals surface area contributed by atoms with Gasteiger partial charge in [-0.3, -0.25) is 4.79 Å². The third kappa shape index (κ3) is 3.75. The average molecular weight is 335 g/mol. The van der Waals surface area contributed by atoms with Crippen LogP contribution in [-0.2, 0) is 14.6 Å². The standard InChI is InChI=1S/C16H14FNO4S/c1-22-13-6-8-14(9-7-13)23(20,21)15(16(18)19)10-11-2-4-12(17)5-3-11/h2-10H,1H3,(H2,18,19)/b15-10-. The Morgan fingerprint density at radius 3 is 2.13 bits per heavy atom. The van der Waals surface area contributed by atoms with E-state index in [1.807, 2.05) is 0 Å². The lowest BCUT2D eigenvalue weighted by Crippen LogP contribution is -2.21. The number of sulfone groups is 1. The summed E-state index contributed by atoms with van der Waals surface area (Å²) >= 11 is 0. The van der Waals surface area contributed by atoms with E-state index in [2.05, 4.69) is 0 Å². The van der Waals surface area contributed by atoms with Crippen molar-refractivity contribution in [2.24, 2.45) is 5.73 Å². The van der Waals surface area contributed by atoms with Crippen molar-refractivity contribution in [1.82, 2.24) is 0 Å². The topological polar surface area (TPSA) is 86.5 Å². The molecule has 2 aromatic carbocycles. The minimum atomic E-state index is -4.10. The highest BCUT2D eigenvalue weighted by molar-refractivity contribution is 7.96. The van der Waals surface area contributed by atoms with Gasteiger partial charge in [0.05, 0.1) is 12.0 Å². The molecule has 0 aromatic heterocycles. The Balaban J connectivity index is 2.50. The Kier molecular flexibility index (Phi) is 4.80. The van der Waals surface area contributed by atoms with Gasteiger partial charge in [-0.2, -0.15) is 0 Å². The number of hydrogen-bond acceptors (Lipinski definition) is 4. The van der Waals surface area contributed by atoms with Gasteiger partial charge in [-0.1, -0.05) is 12.1 Å². The number of amides is 1. The molecule has 7 heteroatoms. The molecule has 0 radical (unpaired) electrons. The first kappa shape index (κ1) is 16.7. The number of halogens is 1. The quantitative estimate of drug-likeness (QED) is 0.848. The van der Waals surface area contributed by atoms with Crippen molar-refractivity contribution in [1.29, 1.82) is 0 Å². The second kappa shape index (κ2) is 6.62. The van der Waals surface area contributed by atoms with Gasteiger partial charge in [-0.15, -0.1) is 0 Å². The summed E-state index contributed by atoms with van der Waals surface area (Å²) in [7, 11) is -2.65. The van der Waals surface area contributed by atoms with E-state index in [9.17, 15) is 17.6 Å². The number of primary amides is 1. The third-order valence-electron chi connectivity index (χ3n) is 3.07. The zero-order valence-corrected chi connectivity index (χ0v) is 13.0. The van der Waals surface area contributed by atoms with Gasteiger partial charge >= 0.3 is 0 Å². The summed E-state index contributed by atoms with van der Waals surface area (Å²) in [5, 5.41) is 0. The fourth-order valence-corrected chi connectivity index (χ4v) is 3.18. The highest BCUT2D eigenvalue weighted by atomic mass is 32.2. The first-order valence-electron chi connectivity index (χ1n) is 6.51. The SMILES string of the molecule is COc1ccc(S(=O)(=O)/C(=C\c2ccc(F)cc2)C(N)=O)cc1. The van der Waals surface area contributed by atoms with Crippen molar-refractivity contribution in [3.8, 4) is 5.75 Å². The molecule has 0 bridgehead atoms. The van der Waals surface area contributed by atoms with Gasteiger partial charge in [-0.05, 0) is 48.0 Å². The van der Waals surface area contributed by atoms with Gasteiger partial charge in [0.1, 0.15) is 16.5 Å². The van der Waals surface area contributed by atoms with Crippen LogP contribution in [0.1, 0.15) is 5.56 Å². The summed E-state index contributed by atoms with van der Waals surface area (Å²) in [6, 6.07) is 10.6. The Morgan fingerprint density at radius 1 is 1.09 bits per heavy atom. The maximum absolute atomic E-state index is 12.9. The van der Waals surface area contributed by atoms with Crippen LogP contribution in [0.25, 0.3) is 6.08 Å². The number of hydrogen-bond donors (Lipinski definition) is 1. The number of benzene rings is 2. The Hall–Kier alpha value is -2.67. The number of methoxy groups -OCH3 is 1. The summed E-state index contributed by atoms with van der Waals surface area (Å²) < 4.78 is 43.0. The predicted octanol–water partition coefficient (Wildman–Crippen LogP) is 2.13. The van der Waals surface area contributed by atoms with Crippen LogP contribution in [0.15, 0.2) is 58.3 Å². The van der Waals surface area contributed by atoms with Crippen molar-refractivity contribution in [3.05, 3.63) is 64.8 Å². The molecule has 0 saturated carbocycles. The van der Waals surface area contributed by atoms with E-state index in [-0.39, 0.29) is 4.90 Å². The van der Waals surface area contributed by atoms with E-state index in [1.165, 1.54) is 43.5 Å². The first-order valence-corrected chi connectivity index (χ1v) is 7.99. The highest BCUT2D eigenvalue weighted by Crippen LogP contribution is 2.23. The number of rotatable bonds is 5. The Bertz CT molecular complexity index is 841. The monoisotopic (exact) mass is 335 g/mol. The van der Waals surface area contributed by atoms with Crippen molar-refractivity contribution in [2.75, 3.05) is 7.11 Å². The molecule has 0 fully saturated rings. The smallest absolute Gasteiger partial charge is 0.260 e. The van der Waals surface area contributed by atoms with Crippen molar-refractivity contribution >= 4 is 21.8 Å². The summed E-state index contributed by atoms with van der Waals surface area (Å²) in [6.45, 7) is 0. The third-order valence-corrected chi connectivity index (χ3v) is 4.86. The van der Waals surface area contributed by atoms with Crippen LogP contribution < -0.4 is 10.5 Å². The lowest BCUT2D eigenvalue weighted by atomic mass is 10.2. The molecule has 0 aliphatic rings. The average Bonchev–Trinajstić information content (AvgIpc) is 2.53. The van der Waals surface area contributed by atoms with E-state index in [0.717, 1.165) is 18.2 Å². The molecule has 120 valence electrons. The van der Waals surface area contributed by atoms with Gasteiger partial charge in [0, 0.05) is 0 Å². The molecule has 0 unspecified atom stereocenters. The normalized spacial score (nSPS) is 12.0. The Labute approximate surface area is 133 Å². The lowest BCUT2D eigenvalue weighted by molar-refractivity contribution is -0.113. The minimum Gasteiger partial charge on any atom is -0.497 e. The van der Waals surface area contributed by atoms with E-state index in [4.69, 9.17) is 10.5 Å². The maximum atomic E-state index is 12.9. The van der Waals surface area contributed by atoms with Crippen molar-refractivity contribution in [3.63, 3.8) is 0 Å². The summed E-state index contributed by atoms with van der Waals surface area (Å²) in [5.74, 6) is -1.09. The van der Waals surface area contributed by atoms with Gasteiger partial charge in [0.15, 0.2) is 0 Å². The number of ether oxygens (including phenoxy) is 1. The summed E-state index contributed by atoms with van der Waals surface area (Å²) in [6.07, 6.45) is 1.11. The number of carbonyl (C=O) groups excluding carboxylic acids is 1. The van der Waals surface area contributed by atoms with Crippen LogP contribution in [-0.4, -0.2) is 21.4 Å². The van der Waals surface area contributed by atoms with E-state index in [1.54, 1.807) is 0 Å². The second-order valence-electron chi connectivity index (χ2n) is 4.60. The lowest BCUT2D eigenvalue weighted by Gasteiger charge is -2.07. The molecule has 1 amide bonds. The van der Waals surface area contributed by atoms with Crippen LogP contribution in [0.5, 0.6) is 5.75 Å². The van der Waals surface area contributed by atoms with Crippen LogP contribution in [0, 0.1) is 5.82 Å². The maximum Gasteiger partial charge on any atom is 0.260 e. The minimum absolute atomic E-state index is 0.0922. The molecule has 0 atom stereocenters. The molecule has 23 heavy (non-hydrogen) atoms. The van der Waals surface area contributed by atoms with Crippen LogP contribution in [0.2, 0.25) is 0 Å². The molecule has 2 aromatic rings. The van der Waals surface area contributed by atoms with E-state index in [0.29, 0.717) is 11.3 Å². The molecule has 0 heterocycles. The van der Waals surface area contributed by atoms with E-state index >= 15 is 0 Å². The molecular formula is C16H14FNO4S. The fraction of sp³-hybridized carbons (Fsp3) is 0.0625. The molecule has 0 saturated heterocycles. The fourth-order valence-electron chi connectivity index (χ4n) is 1.87. The van der Waals surface area contributed by atoms with Crippen molar-refractivity contribution in [2.45, 2.75) is 4.90 Å². The van der Waals surface area contributed by atoms with Gasteiger partial charge < -0.3 is 10.5 Å². The van der Waals surface area contributed by atoms with Crippen LogP contribution in [0.4, 0.5) is 4.39 Å². The second-order valence-corrected chi connectivity index (χ2v) is 6.52. The van der Waals surface area contributed by atoms with Crippen LogP contribution in [0.3, 0.4) is 0 Å². The molecule has 0 aliphatic heterocycles. The molecule has 2 N–H and O–H groups in total. The highest BCUT2D eigenvalue weighted by Gasteiger charge is 2.25. The zero-order chi connectivity index (χ0) is 17.0. The number of nitrogens with two attached hydrogens (primary N) is 1.